The summed E-state index contributed by atoms with van der Waals surface area (Å²) in [5.74, 6) is -3.08. The number of nitrogens with two attached hydrogens (primary N) is 1. The number of carbonyl (C=O) groups is 4. The first-order valence-corrected chi connectivity index (χ1v) is 9.41. The minimum Gasteiger partial charge on any atom is -0.460 e. The number of nitrogens with one attached hydrogen (secondary N) is 1. The third-order valence-corrected chi connectivity index (χ3v) is 4.89. The SMILES string of the molecule is COCCOC(=O)c1c(NC(=O)COC(=O)c2cnc(C)cn2)sc(C(N)=O)c1C. The van der Waals surface area contributed by atoms with Gasteiger partial charge in [0.05, 0.1) is 28.9 Å². The van der Waals surface area contributed by atoms with E-state index in [0.29, 0.717) is 5.69 Å². The van der Waals surface area contributed by atoms with Crippen LogP contribution in [0.2, 0.25) is 0 Å². The number of hydrogen-bond acceptors (Lipinski definition) is 10. The van der Waals surface area contributed by atoms with Crippen LogP contribution in [0.5, 0.6) is 0 Å². The average molecular weight is 436 g/mol. The summed E-state index contributed by atoms with van der Waals surface area (Å²) < 4.78 is 14.8. The van der Waals surface area contributed by atoms with Gasteiger partial charge in [0.25, 0.3) is 11.8 Å². The zero-order valence-electron chi connectivity index (χ0n) is 16.5. The van der Waals surface area contributed by atoms with Crippen LogP contribution in [0.3, 0.4) is 0 Å². The normalized spacial score (nSPS) is 10.4. The highest BCUT2D eigenvalue weighted by atomic mass is 32.1. The molecule has 0 saturated carbocycles. The Bertz CT molecular complexity index is 956. The molecule has 2 heterocycles. The molecule has 12 heteroatoms. The first-order valence-electron chi connectivity index (χ1n) is 8.59. The second-order valence-corrected chi connectivity index (χ2v) is 6.94. The number of nitrogens with zero attached hydrogens (tertiary/aromatic N) is 2. The Morgan fingerprint density at radius 3 is 2.40 bits per heavy atom. The maximum atomic E-state index is 12.4. The maximum Gasteiger partial charge on any atom is 0.359 e. The van der Waals surface area contributed by atoms with Gasteiger partial charge in [-0.05, 0) is 19.4 Å². The number of ether oxygens (including phenoxy) is 3. The quantitative estimate of drug-likeness (QED) is 0.429. The Balaban J connectivity index is 2.09. The van der Waals surface area contributed by atoms with Gasteiger partial charge in [0.15, 0.2) is 12.3 Å². The van der Waals surface area contributed by atoms with E-state index in [4.69, 9.17) is 19.9 Å². The van der Waals surface area contributed by atoms with Gasteiger partial charge in [-0.3, -0.25) is 14.6 Å². The van der Waals surface area contributed by atoms with Crippen LogP contribution in [0.15, 0.2) is 12.4 Å². The van der Waals surface area contributed by atoms with E-state index in [-0.39, 0.29) is 39.9 Å². The van der Waals surface area contributed by atoms with Crippen LogP contribution in [0.4, 0.5) is 5.00 Å². The topological polar surface area (TPSA) is 160 Å². The van der Waals surface area contributed by atoms with Gasteiger partial charge in [-0.25, -0.2) is 14.6 Å². The number of amides is 2. The average Bonchev–Trinajstić information content (AvgIpc) is 3.03. The summed E-state index contributed by atoms with van der Waals surface area (Å²) in [5.41, 5.74) is 6.16. The van der Waals surface area contributed by atoms with Crippen molar-refractivity contribution in [1.82, 2.24) is 9.97 Å². The maximum absolute atomic E-state index is 12.4. The van der Waals surface area contributed by atoms with Crippen LogP contribution in [0, 0.1) is 13.8 Å². The van der Waals surface area contributed by atoms with Gasteiger partial charge in [-0.2, -0.15) is 0 Å². The molecule has 0 aromatic carbocycles. The molecular weight excluding hydrogens is 416 g/mol. The van der Waals surface area contributed by atoms with E-state index < -0.39 is 30.4 Å². The summed E-state index contributed by atoms with van der Waals surface area (Å²) >= 11 is 0.821. The smallest absolute Gasteiger partial charge is 0.359 e. The van der Waals surface area contributed by atoms with Crippen molar-refractivity contribution in [1.29, 1.82) is 0 Å². The molecule has 30 heavy (non-hydrogen) atoms. The zero-order valence-corrected chi connectivity index (χ0v) is 17.3. The highest BCUT2D eigenvalue weighted by Gasteiger charge is 2.26. The van der Waals surface area contributed by atoms with Crippen molar-refractivity contribution < 1.29 is 33.4 Å². The Labute approximate surface area is 175 Å². The first kappa shape index (κ1) is 22.9. The van der Waals surface area contributed by atoms with Crippen molar-refractivity contribution in [3.05, 3.63) is 39.8 Å². The number of thiophene rings is 1. The number of anilines is 1. The fraction of sp³-hybridized carbons (Fsp3) is 0.333. The summed E-state index contributed by atoms with van der Waals surface area (Å²) in [6.45, 7) is 2.73. The van der Waals surface area contributed by atoms with Crippen LogP contribution >= 0.6 is 11.3 Å². The second kappa shape index (κ2) is 10.4. The Kier molecular flexibility index (Phi) is 7.95. The molecule has 2 aromatic rings. The molecule has 0 radical (unpaired) electrons. The van der Waals surface area contributed by atoms with Gasteiger partial charge in [-0.15, -0.1) is 11.3 Å². The fourth-order valence-corrected chi connectivity index (χ4v) is 3.30. The highest BCUT2D eigenvalue weighted by Crippen LogP contribution is 2.33. The molecule has 0 saturated heterocycles. The molecule has 0 unspecified atom stereocenters. The van der Waals surface area contributed by atoms with Crippen molar-refractivity contribution in [3.8, 4) is 0 Å². The summed E-state index contributed by atoms with van der Waals surface area (Å²) in [7, 11) is 1.45. The lowest BCUT2D eigenvalue weighted by Crippen LogP contribution is -2.22. The molecule has 2 amide bonds. The number of aromatic nitrogens is 2. The van der Waals surface area contributed by atoms with E-state index in [0.717, 1.165) is 11.3 Å². The van der Waals surface area contributed by atoms with Crippen LogP contribution in [0.25, 0.3) is 0 Å². The largest absolute Gasteiger partial charge is 0.460 e. The molecule has 3 N–H and O–H groups in total. The van der Waals surface area contributed by atoms with Crippen molar-refractivity contribution in [3.63, 3.8) is 0 Å². The highest BCUT2D eigenvalue weighted by molar-refractivity contribution is 7.18. The second-order valence-electron chi connectivity index (χ2n) is 5.92. The summed E-state index contributed by atoms with van der Waals surface area (Å²) in [6, 6.07) is 0. The van der Waals surface area contributed by atoms with E-state index in [9.17, 15) is 19.2 Å². The summed E-state index contributed by atoms with van der Waals surface area (Å²) in [5, 5.41) is 2.50. The molecule has 0 bridgehead atoms. The lowest BCUT2D eigenvalue weighted by atomic mass is 10.1. The van der Waals surface area contributed by atoms with Gasteiger partial charge < -0.3 is 25.3 Å². The monoisotopic (exact) mass is 436 g/mol. The van der Waals surface area contributed by atoms with E-state index in [2.05, 4.69) is 15.3 Å². The number of rotatable bonds is 9. The van der Waals surface area contributed by atoms with Crippen LogP contribution < -0.4 is 11.1 Å². The van der Waals surface area contributed by atoms with Crippen molar-refractivity contribution in [2.45, 2.75) is 13.8 Å². The number of hydrogen-bond donors (Lipinski definition) is 2. The molecule has 160 valence electrons. The molecular formula is C18H20N4O7S. The summed E-state index contributed by atoms with van der Waals surface area (Å²) in [4.78, 5) is 56.0. The van der Waals surface area contributed by atoms with Gasteiger partial charge in [0.2, 0.25) is 0 Å². The third kappa shape index (κ3) is 5.81. The number of primary amides is 1. The van der Waals surface area contributed by atoms with E-state index in [1.165, 1.54) is 26.4 Å². The van der Waals surface area contributed by atoms with Crippen LogP contribution in [-0.4, -0.2) is 60.7 Å². The Morgan fingerprint density at radius 2 is 1.80 bits per heavy atom. The molecule has 0 aliphatic rings. The number of esters is 2. The van der Waals surface area contributed by atoms with Gasteiger partial charge >= 0.3 is 11.9 Å². The summed E-state index contributed by atoms with van der Waals surface area (Å²) in [6.07, 6.45) is 2.61. The Hall–Kier alpha value is -3.38. The van der Waals surface area contributed by atoms with Gasteiger partial charge in [0.1, 0.15) is 11.6 Å². The molecule has 11 nitrogen and oxygen atoms in total. The molecule has 0 fully saturated rings. The van der Waals surface area contributed by atoms with Crippen molar-refractivity contribution in [2.75, 3.05) is 32.2 Å². The van der Waals surface area contributed by atoms with E-state index >= 15 is 0 Å². The molecule has 0 aliphatic heterocycles. The molecule has 2 aromatic heterocycles. The number of methoxy groups -OCH3 is 1. The third-order valence-electron chi connectivity index (χ3n) is 3.67. The Morgan fingerprint density at radius 1 is 1.07 bits per heavy atom. The first-order chi connectivity index (χ1) is 14.2. The van der Waals surface area contributed by atoms with Crippen LogP contribution in [-0.2, 0) is 19.0 Å². The zero-order chi connectivity index (χ0) is 22.3. The molecule has 2 rings (SSSR count). The number of aryl methyl sites for hydroxylation is 1. The minimum atomic E-state index is -0.836. The standard InChI is InChI=1S/C18H20N4O7S/c1-9-6-21-11(7-20-9)17(25)29-8-12(23)22-16-13(18(26)28-5-4-27-3)10(2)14(30-16)15(19)24/h6-7H,4-5,8H2,1-3H3,(H2,19,24)(H,22,23). The van der Waals surface area contributed by atoms with Crippen molar-refractivity contribution in [2.24, 2.45) is 5.73 Å². The predicted molar refractivity (Wildman–Crippen MR) is 105 cm³/mol. The lowest BCUT2D eigenvalue weighted by molar-refractivity contribution is -0.119. The fourth-order valence-electron chi connectivity index (χ4n) is 2.24. The van der Waals surface area contributed by atoms with E-state index in [1.54, 1.807) is 6.92 Å². The minimum absolute atomic E-state index is 0.00557. The lowest BCUT2D eigenvalue weighted by Gasteiger charge is -2.08. The van der Waals surface area contributed by atoms with Crippen LogP contribution in [0.1, 0.15) is 41.8 Å². The predicted octanol–water partition coefficient (Wildman–Crippen LogP) is 0.853. The van der Waals surface area contributed by atoms with Crippen molar-refractivity contribution >= 4 is 40.1 Å². The van der Waals surface area contributed by atoms with E-state index in [1.807, 2.05) is 0 Å². The molecule has 0 atom stereocenters. The van der Waals surface area contributed by atoms with Gasteiger partial charge in [0, 0.05) is 13.3 Å². The number of carbonyl (C=O) groups excluding carboxylic acids is 4. The molecule has 0 spiro atoms. The van der Waals surface area contributed by atoms with Gasteiger partial charge in [-0.1, -0.05) is 0 Å². The molecule has 0 aliphatic carbocycles.